The van der Waals surface area contributed by atoms with Crippen molar-refractivity contribution in [2.24, 2.45) is 0 Å². The van der Waals surface area contributed by atoms with Gasteiger partial charge < -0.3 is 9.59 Å². The van der Waals surface area contributed by atoms with Gasteiger partial charge in [0.05, 0.1) is 0 Å². The number of fused-ring (bicyclic) bond motifs is 2. The molecule has 182 valence electrons. The van der Waals surface area contributed by atoms with Crippen LogP contribution >= 0.6 is 0 Å². The summed E-state index contributed by atoms with van der Waals surface area (Å²) in [5, 5.41) is 4.05. The van der Waals surface area contributed by atoms with E-state index in [9.17, 15) is 19.2 Å². The van der Waals surface area contributed by atoms with Crippen LogP contribution in [-0.2, 0) is 22.4 Å². The Morgan fingerprint density at radius 2 is 1.03 bits per heavy atom. The van der Waals surface area contributed by atoms with Crippen molar-refractivity contribution in [3.05, 3.63) is 82.9 Å². The van der Waals surface area contributed by atoms with Crippen LogP contribution in [0.3, 0.4) is 0 Å². The molecule has 0 unspecified atom stereocenters. The fraction of sp³-hybridized carbons (Fsp3) is 0.250. The number of carbonyl (C=O) groups is 4. The Labute approximate surface area is 211 Å². The van der Waals surface area contributed by atoms with Gasteiger partial charge in [0.25, 0.3) is 0 Å². The van der Waals surface area contributed by atoms with Gasteiger partial charge in [0.1, 0.15) is 12.6 Å². The van der Waals surface area contributed by atoms with Crippen LogP contribution in [0.4, 0.5) is 0 Å². The highest BCUT2D eigenvalue weighted by molar-refractivity contribution is 6.10. The second kappa shape index (κ2) is 11.2. The molecule has 0 aromatic heterocycles. The second-order valence-corrected chi connectivity index (χ2v) is 9.30. The van der Waals surface area contributed by atoms with Gasteiger partial charge >= 0.3 is 0 Å². The van der Waals surface area contributed by atoms with Gasteiger partial charge in [-0.15, -0.1) is 0 Å². The first-order valence-electron chi connectivity index (χ1n) is 12.5. The first kappa shape index (κ1) is 25.2. The molecule has 0 amide bonds. The Morgan fingerprint density at radius 3 is 1.39 bits per heavy atom. The van der Waals surface area contributed by atoms with E-state index in [0.717, 1.165) is 82.1 Å². The number of ketones is 2. The molecule has 0 saturated heterocycles. The third-order valence-electron chi connectivity index (χ3n) is 6.81. The molecule has 0 spiro atoms. The average Bonchev–Trinajstić information content (AvgIpc) is 2.88. The lowest BCUT2D eigenvalue weighted by Gasteiger charge is -2.20. The lowest BCUT2D eigenvalue weighted by molar-refractivity contribution is -0.108. The molecule has 0 atom stereocenters. The molecule has 4 nitrogen and oxygen atoms in total. The van der Waals surface area contributed by atoms with Crippen molar-refractivity contribution in [2.45, 2.75) is 52.4 Å². The SMILES string of the molecule is CC(=O)c1ccc2c(-c3c(CCCC=O)ccc4cc(C(C)=O)ccc34)c(CCCC=O)ccc2c1. The van der Waals surface area contributed by atoms with Gasteiger partial charge in [-0.1, -0.05) is 48.5 Å². The highest BCUT2D eigenvalue weighted by atomic mass is 16.1. The predicted octanol–water partition coefficient (Wildman–Crippen LogP) is 7.11. The Morgan fingerprint density at radius 1 is 0.611 bits per heavy atom. The van der Waals surface area contributed by atoms with Gasteiger partial charge in [-0.3, -0.25) is 9.59 Å². The maximum atomic E-state index is 12.1. The number of benzene rings is 4. The molecule has 0 aliphatic rings. The van der Waals surface area contributed by atoms with E-state index in [0.29, 0.717) is 24.0 Å². The first-order chi connectivity index (χ1) is 17.4. The molecule has 4 rings (SSSR count). The zero-order chi connectivity index (χ0) is 25.7. The van der Waals surface area contributed by atoms with E-state index in [1.54, 1.807) is 13.8 Å². The minimum absolute atomic E-state index is 0.0185. The van der Waals surface area contributed by atoms with Gasteiger partial charge in [-0.2, -0.15) is 0 Å². The fourth-order valence-corrected chi connectivity index (χ4v) is 4.95. The highest BCUT2D eigenvalue weighted by Crippen LogP contribution is 2.40. The van der Waals surface area contributed by atoms with Crippen LogP contribution in [0.5, 0.6) is 0 Å². The van der Waals surface area contributed by atoms with E-state index in [-0.39, 0.29) is 11.6 Å². The van der Waals surface area contributed by atoms with Gasteiger partial charge in [-0.05, 0) is 95.5 Å². The maximum Gasteiger partial charge on any atom is 0.159 e. The predicted molar refractivity (Wildman–Crippen MR) is 145 cm³/mol. The van der Waals surface area contributed by atoms with Crippen LogP contribution < -0.4 is 0 Å². The molecule has 0 saturated carbocycles. The van der Waals surface area contributed by atoms with E-state index in [1.807, 2.05) is 48.5 Å². The summed E-state index contributed by atoms with van der Waals surface area (Å²) in [5.41, 5.74) is 5.79. The van der Waals surface area contributed by atoms with Crippen molar-refractivity contribution in [3.8, 4) is 11.1 Å². The van der Waals surface area contributed by atoms with Crippen LogP contribution in [0.1, 0.15) is 71.4 Å². The molecular formula is C32H30O4. The lowest BCUT2D eigenvalue weighted by atomic mass is 9.84. The summed E-state index contributed by atoms with van der Waals surface area (Å²) < 4.78 is 0. The van der Waals surface area contributed by atoms with Gasteiger partial charge in [0, 0.05) is 24.0 Å². The Hall–Kier alpha value is -3.92. The number of aldehydes is 2. The van der Waals surface area contributed by atoms with Crippen molar-refractivity contribution in [1.82, 2.24) is 0 Å². The third-order valence-corrected chi connectivity index (χ3v) is 6.81. The smallest absolute Gasteiger partial charge is 0.159 e. The zero-order valence-corrected chi connectivity index (χ0v) is 20.8. The summed E-state index contributed by atoms with van der Waals surface area (Å²) in [6, 6.07) is 19.9. The van der Waals surface area contributed by atoms with E-state index in [1.165, 1.54) is 0 Å². The largest absolute Gasteiger partial charge is 0.303 e. The number of Topliss-reactive ketones (excluding diaryl/α,β-unsaturated/α-hetero) is 2. The molecule has 4 aromatic carbocycles. The van der Waals surface area contributed by atoms with Crippen molar-refractivity contribution in [3.63, 3.8) is 0 Å². The molecule has 0 aliphatic heterocycles. The van der Waals surface area contributed by atoms with E-state index >= 15 is 0 Å². The van der Waals surface area contributed by atoms with E-state index in [2.05, 4.69) is 12.1 Å². The molecule has 0 fully saturated rings. The first-order valence-corrected chi connectivity index (χ1v) is 12.5. The summed E-state index contributed by atoms with van der Waals surface area (Å²) in [6.07, 6.45) is 5.86. The number of rotatable bonds is 11. The number of unbranched alkanes of at least 4 members (excludes halogenated alkanes) is 2. The minimum Gasteiger partial charge on any atom is -0.303 e. The van der Waals surface area contributed by atoms with Crippen LogP contribution in [-0.4, -0.2) is 24.1 Å². The number of aryl methyl sites for hydroxylation is 2. The Balaban J connectivity index is 2.05. The molecule has 4 heteroatoms. The molecular weight excluding hydrogens is 448 g/mol. The fourth-order valence-electron chi connectivity index (χ4n) is 4.95. The molecule has 0 radical (unpaired) electrons. The monoisotopic (exact) mass is 478 g/mol. The van der Waals surface area contributed by atoms with Crippen LogP contribution in [0.15, 0.2) is 60.7 Å². The standard InChI is InChI=1S/C32H30O4/c1-21(35)25-13-15-29-27(19-25)11-9-23(7-3-5-17-33)31(29)32-24(8-4-6-18-34)10-12-28-20-26(22(2)36)14-16-30(28)32/h9-20H,3-8H2,1-2H3. The summed E-state index contributed by atoms with van der Waals surface area (Å²) in [5.74, 6) is 0.0370. The van der Waals surface area contributed by atoms with Crippen LogP contribution in [0.2, 0.25) is 0 Å². The zero-order valence-electron chi connectivity index (χ0n) is 20.8. The van der Waals surface area contributed by atoms with Crippen molar-refractivity contribution in [1.29, 1.82) is 0 Å². The van der Waals surface area contributed by atoms with E-state index in [4.69, 9.17) is 0 Å². The topological polar surface area (TPSA) is 68.3 Å². The summed E-state index contributed by atoms with van der Waals surface area (Å²) in [6.45, 7) is 3.14. The van der Waals surface area contributed by atoms with Gasteiger partial charge in [0.15, 0.2) is 11.6 Å². The van der Waals surface area contributed by atoms with Crippen molar-refractivity contribution >= 4 is 45.7 Å². The van der Waals surface area contributed by atoms with Crippen molar-refractivity contribution < 1.29 is 19.2 Å². The van der Waals surface area contributed by atoms with Gasteiger partial charge in [-0.25, -0.2) is 0 Å². The molecule has 0 heterocycles. The van der Waals surface area contributed by atoms with Crippen molar-refractivity contribution in [2.75, 3.05) is 0 Å². The minimum atomic E-state index is 0.0185. The molecule has 0 bridgehead atoms. The maximum absolute atomic E-state index is 12.1. The Kier molecular flexibility index (Phi) is 7.84. The average molecular weight is 479 g/mol. The van der Waals surface area contributed by atoms with Crippen LogP contribution in [0.25, 0.3) is 32.7 Å². The van der Waals surface area contributed by atoms with Gasteiger partial charge in [0.2, 0.25) is 0 Å². The summed E-state index contributed by atoms with van der Waals surface area (Å²) in [4.78, 5) is 46.2. The normalized spacial score (nSPS) is 11.1. The summed E-state index contributed by atoms with van der Waals surface area (Å²) >= 11 is 0. The number of hydrogen-bond donors (Lipinski definition) is 0. The quantitative estimate of drug-likeness (QED) is 0.131. The highest BCUT2D eigenvalue weighted by Gasteiger charge is 2.18. The molecule has 4 aromatic rings. The molecule has 36 heavy (non-hydrogen) atoms. The molecule has 0 aliphatic carbocycles. The lowest BCUT2D eigenvalue weighted by Crippen LogP contribution is -2.00. The summed E-state index contributed by atoms with van der Waals surface area (Å²) in [7, 11) is 0. The van der Waals surface area contributed by atoms with E-state index < -0.39 is 0 Å². The Bertz CT molecular complexity index is 1370. The second-order valence-electron chi connectivity index (χ2n) is 9.30. The molecule has 0 N–H and O–H groups in total. The van der Waals surface area contributed by atoms with Crippen LogP contribution in [0, 0.1) is 0 Å². The number of hydrogen-bond acceptors (Lipinski definition) is 4. The number of carbonyl (C=O) groups excluding carboxylic acids is 4. The third kappa shape index (κ3) is 5.18.